The van der Waals surface area contributed by atoms with Crippen molar-refractivity contribution in [3.63, 3.8) is 0 Å². The predicted octanol–water partition coefficient (Wildman–Crippen LogP) is 3.77. The number of likely N-dealkylation sites (N-methyl/N-ethyl adjacent to an activating group) is 1. The number of methoxy groups -OCH3 is 1. The Bertz CT molecular complexity index is 1130. The summed E-state index contributed by atoms with van der Waals surface area (Å²) in [5, 5.41) is 10.2. The lowest BCUT2D eigenvalue weighted by molar-refractivity contribution is 0.0688. The second kappa shape index (κ2) is 8.28. The van der Waals surface area contributed by atoms with E-state index >= 15 is 0 Å². The Morgan fingerprint density at radius 1 is 1.12 bits per heavy atom. The van der Waals surface area contributed by atoms with Crippen molar-refractivity contribution in [1.29, 1.82) is 0 Å². The number of hydrogen-bond acceptors (Lipinski definition) is 5. The fourth-order valence-electron chi connectivity index (χ4n) is 5.30. The fourth-order valence-corrected chi connectivity index (χ4v) is 5.30. The molecule has 6 nitrogen and oxygen atoms in total. The molecule has 1 aromatic heterocycles. The Hall–Kier alpha value is -3.38. The molecular formula is C26H27N3O3. The van der Waals surface area contributed by atoms with Crippen LogP contribution in [0.5, 0.6) is 5.75 Å². The minimum Gasteiger partial charge on any atom is -0.497 e. The van der Waals surface area contributed by atoms with Gasteiger partial charge in [-0.3, -0.25) is 9.78 Å². The molecule has 5 rings (SSSR count). The van der Waals surface area contributed by atoms with Crippen LogP contribution in [0.2, 0.25) is 0 Å². The van der Waals surface area contributed by atoms with Crippen molar-refractivity contribution >= 4 is 11.6 Å². The first-order valence-electron chi connectivity index (χ1n) is 11.0. The van der Waals surface area contributed by atoms with Crippen LogP contribution < -0.4 is 9.64 Å². The van der Waals surface area contributed by atoms with Crippen LogP contribution >= 0.6 is 0 Å². The van der Waals surface area contributed by atoms with Gasteiger partial charge in [-0.15, -0.1) is 0 Å². The summed E-state index contributed by atoms with van der Waals surface area (Å²) in [6.07, 6.45) is 2.50. The Morgan fingerprint density at radius 2 is 1.97 bits per heavy atom. The summed E-state index contributed by atoms with van der Waals surface area (Å²) in [6.45, 7) is 0.707. The molecule has 1 saturated heterocycles. The summed E-state index contributed by atoms with van der Waals surface area (Å²) in [4.78, 5) is 21.8. The summed E-state index contributed by atoms with van der Waals surface area (Å²) in [5.74, 6) is 0.909. The standard InChI is InChI=1S/C26H27N3O3/c1-28-23-10-9-18(17-6-5-7-19(14-17)32-2)15-21(23)25-20(24(28)16-30)11-13-29(25)26(31)22-8-3-4-12-27-22/h3-10,12,14-15,20,24-25,30H,11,13,16H2,1-2H3/t20-,24+,25-/m0/s1. The SMILES string of the molecule is COc1cccc(-c2ccc3c(c2)[C@@H]2[C@@H](CCN2C(=O)c2ccccn2)[C@@H](CO)N3C)c1. The molecule has 0 saturated carbocycles. The first-order chi connectivity index (χ1) is 15.6. The maximum absolute atomic E-state index is 13.4. The number of carbonyl (C=O) groups excluding carboxylic acids is 1. The van der Waals surface area contributed by atoms with E-state index in [1.807, 2.05) is 42.3 Å². The van der Waals surface area contributed by atoms with Crippen LogP contribution in [0.25, 0.3) is 11.1 Å². The fraction of sp³-hybridized carbons (Fsp3) is 0.308. The number of rotatable bonds is 4. The Morgan fingerprint density at radius 3 is 2.72 bits per heavy atom. The van der Waals surface area contributed by atoms with Crippen LogP contribution in [-0.4, -0.2) is 54.2 Å². The van der Waals surface area contributed by atoms with E-state index in [1.54, 1.807) is 19.4 Å². The van der Waals surface area contributed by atoms with Crippen molar-refractivity contribution in [3.05, 3.63) is 78.1 Å². The number of aliphatic hydroxyl groups excluding tert-OH is 1. The molecule has 0 spiro atoms. The third kappa shape index (κ3) is 3.31. The van der Waals surface area contributed by atoms with Gasteiger partial charge >= 0.3 is 0 Å². The van der Waals surface area contributed by atoms with Gasteiger partial charge in [-0.1, -0.05) is 24.3 Å². The van der Waals surface area contributed by atoms with E-state index in [1.165, 1.54) is 0 Å². The average Bonchev–Trinajstić information content (AvgIpc) is 3.29. The van der Waals surface area contributed by atoms with E-state index in [-0.39, 0.29) is 30.5 Å². The number of amides is 1. The van der Waals surface area contributed by atoms with Crippen molar-refractivity contribution < 1.29 is 14.6 Å². The van der Waals surface area contributed by atoms with Gasteiger partial charge in [0.1, 0.15) is 11.4 Å². The molecule has 0 bridgehead atoms. The largest absolute Gasteiger partial charge is 0.497 e. The van der Waals surface area contributed by atoms with E-state index in [0.29, 0.717) is 12.2 Å². The number of benzene rings is 2. The first kappa shape index (κ1) is 20.5. The number of hydrogen-bond donors (Lipinski definition) is 1. The van der Waals surface area contributed by atoms with Crippen LogP contribution in [0.3, 0.4) is 0 Å². The predicted molar refractivity (Wildman–Crippen MR) is 124 cm³/mol. The summed E-state index contributed by atoms with van der Waals surface area (Å²) in [5.41, 5.74) is 4.77. The molecule has 164 valence electrons. The van der Waals surface area contributed by atoms with E-state index in [4.69, 9.17) is 4.74 Å². The zero-order valence-corrected chi connectivity index (χ0v) is 18.3. The number of pyridine rings is 1. The molecule has 0 aliphatic carbocycles. The molecule has 3 aromatic rings. The number of fused-ring (bicyclic) bond motifs is 3. The Balaban J connectivity index is 1.60. The van der Waals surface area contributed by atoms with Gasteiger partial charge in [-0.25, -0.2) is 0 Å². The van der Waals surface area contributed by atoms with Gasteiger partial charge in [-0.05, 0) is 59.5 Å². The summed E-state index contributed by atoms with van der Waals surface area (Å²) in [6, 6.07) is 19.7. The highest BCUT2D eigenvalue weighted by atomic mass is 16.5. The van der Waals surface area contributed by atoms with Gasteiger partial charge in [0.2, 0.25) is 0 Å². The van der Waals surface area contributed by atoms with Crippen molar-refractivity contribution in [2.45, 2.75) is 18.5 Å². The zero-order valence-electron chi connectivity index (χ0n) is 18.3. The monoisotopic (exact) mass is 429 g/mol. The van der Waals surface area contributed by atoms with Crippen LogP contribution in [0.4, 0.5) is 5.69 Å². The number of carbonyl (C=O) groups is 1. The van der Waals surface area contributed by atoms with E-state index in [0.717, 1.165) is 34.5 Å². The smallest absolute Gasteiger partial charge is 0.272 e. The highest BCUT2D eigenvalue weighted by Gasteiger charge is 2.47. The van der Waals surface area contributed by atoms with Crippen molar-refractivity contribution in [1.82, 2.24) is 9.88 Å². The van der Waals surface area contributed by atoms with Gasteiger partial charge in [0.05, 0.1) is 25.8 Å². The number of aliphatic hydroxyl groups is 1. The van der Waals surface area contributed by atoms with Gasteiger partial charge in [0.15, 0.2) is 0 Å². The second-order valence-corrected chi connectivity index (χ2v) is 8.48. The molecule has 6 heteroatoms. The highest BCUT2D eigenvalue weighted by molar-refractivity contribution is 5.93. The van der Waals surface area contributed by atoms with E-state index in [2.05, 4.69) is 34.1 Å². The normalized spacial score (nSPS) is 21.8. The van der Waals surface area contributed by atoms with Gasteiger partial charge in [0.25, 0.3) is 5.91 Å². The lowest BCUT2D eigenvalue weighted by atomic mass is 9.81. The van der Waals surface area contributed by atoms with Crippen LogP contribution in [-0.2, 0) is 0 Å². The van der Waals surface area contributed by atoms with E-state index in [9.17, 15) is 9.90 Å². The van der Waals surface area contributed by atoms with Crippen LogP contribution in [0.15, 0.2) is 66.9 Å². The Labute approximate surface area is 188 Å². The molecule has 2 aliphatic rings. The summed E-state index contributed by atoms with van der Waals surface area (Å²) < 4.78 is 5.41. The molecule has 1 N–H and O–H groups in total. The Kier molecular flexibility index (Phi) is 5.31. The van der Waals surface area contributed by atoms with Crippen molar-refractivity contribution in [3.8, 4) is 16.9 Å². The third-order valence-corrected chi connectivity index (χ3v) is 6.90. The quantitative estimate of drug-likeness (QED) is 0.684. The second-order valence-electron chi connectivity index (χ2n) is 8.48. The maximum atomic E-state index is 13.4. The minimum atomic E-state index is -0.0987. The van der Waals surface area contributed by atoms with Gasteiger partial charge in [0, 0.05) is 31.4 Å². The maximum Gasteiger partial charge on any atom is 0.272 e. The lowest BCUT2D eigenvalue weighted by Gasteiger charge is -2.44. The number of anilines is 1. The number of nitrogens with zero attached hydrogens (tertiary/aromatic N) is 3. The number of likely N-dealkylation sites (tertiary alicyclic amines) is 1. The zero-order chi connectivity index (χ0) is 22.2. The topological polar surface area (TPSA) is 65.9 Å². The first-order valence-corrected chi connectivity index (χ1v) is 11.0. The number of ether oxygens (including phenoxy) is 1. The lowest BCUT2D eigenvalue weighted by Crippen LogP contribution is -2.48. The van der Waals surface area contributed by atoms with Crippen molar-refractivity contribution in [2.24, 2.45) is 5.92 Å². The molecular weight excluding hydrogens is 402 g/mol. The summed E-state index contributed by atoms with van der Waals surface area (Å²) in [7, 11) is 3.70. The molecule has 0 radical (unpaired) electrons. The molecule has 3 heterocycles. The highest BCUT2D eigenvalue weighted by Crippen LogP contribution is 2.49. The molecule has 2 aliphatic heterocycles. The molecule has 1 amide bonds. The van der Waals surface area contributed by atoms with Crippen LogP contribution in [0, 0.1) is 5.92 Å². The molecule has 2 aromatic carbocycles. The summed E-state index contributed by atoms with van der Waals surface area (Å²) >= 11 is 0. The van der Waals surface area contributed by atoms with Gasteiger partial charge in [-0.2, -0.15) is 0 Å². The van der Waals surface area contributed by atoms with Crippen molar-refractivity contribution in [2.75, 3.05) is 32.2 Å². The average molecular weight is 430 g/mol. The number of aromatic nitrogens is 1. The molecule has 1 fully saturated rings. The van der Waals surface area contributed by atoms with Gasteiger partial charge < -0.3 is 19.6 Å². The molecule has 0 unspecified atom stereocenters. The molecule has 32 heavy (non-hydrogen) atoms. The third-order valence-electron chi connectivity index (χ3n) is 6.90. The van der Waals surface area contributed by atoms with Crippen LogP contribution in [0.1, 0.15) is 28.5 Å². The molecule has 3 atom stereocenters. The van der Waals surface area contributed by atoms with E-state index < -0.39 is 0 Å². The minimum absolute atomic E-state index is 0.0308.